The number of aromatic nitrogens is 2. The van der Waals surface area contributed by atoms with Crippen LogP contribution < -0.4 is 5.32 Å². The van der Waals surface area contributed by atoms with Gasteiger partial charge in [-0.25, -0.2) is 0 Å². The van der Waals surface area contributed by atoms with Crippen LogP contribution in [0.4, 0.5) is 0 Å². The Morgan fingerprint density at radius 1 is 1.44 bits per heavy atom. The first kappa shape index (κ1) is 15.2. The van der Waals surface area contributed by atoms with Crippen molar-refractivity contribution >= 4 is 0 Å². The third kappa shape index (κ3) is 4.42. The Bertz CT molecular complexity index is 343. The maximum Gasteiger partial charge on any atom is 0.0641 e. The molecular weight excluding hydrogens is 226 g/mol. The minimum atomic E-state index is 0.284. The van der Waals surface area contributed by atoms with E-state index in [1.165, 1.54) is 18.4 Å². The van der Waals surface area contributed by atoms with E-state index in [4.69, 9.17) is 5.11 Å². The number of hydrogen-bond acceptors (Lipinski definition) is 3. The first-order chi connectivity index (χ1) is 8.58. The van der Waals surface area contributed by atoms with Crippen LogP contribution in [0.2, 0.25) is 0 Å². The molecule has 0 amide bonds. The van der Waals surface area contributed by atoms with Gasteiger partial charge in [-0.3, -0.25) is 4.68 Å². The number of rotatable bonds is 8. The SMILES string of the molecule is CCCC(CCO)CNC(C)c1cn(C)nc1C. The van der Waals surface area contributed by atoms with Crippen LogP contribution in [0, 0.1) is 12.8 Å². The van der Waals surface area contributed by atoms with Gasteiger partial charge >= 0.3 is 0 Å². The van der Waals surface area contributed by atoms with E-state index >= 15 is 0 Å². The quantitative estimate of drug-likeness (QED) is 0.746. The lowest BCUT2D eigenvalue weighted by molar-refractivity contribution is 0.245. The molecule has 1 aromatic rings. The lowest BCUT2D eigenvalue weighted by Crippen LogP contribution is -2.26. The predicted octanol–water partition coefficient (Wildman–Crippen LogP) is 2.18. The molecule has 2 N–H and O–H groups in total. The van der Waals surface area contributed by atoms with Gasteiger partial charge in [0.05, 0.1) is 5.69 Å². The zero-order valence-corrected chi connectivity index (χ0v) is 12.1. The summed E-state index contributed by atoms with van der Waals surface area (Å²) >= 11 is 0. The van der Waals surface area contributed by atoms with Crippen molar-refractivity contribution in [2.24, 2.45) is 13.0 Å². The fourth-order valence-electron chi connectivity index (χ4n) is 2.44. The highest BCUT2D eigenvalue weighted by molar-refractivity contribution is 5.19. The average molecular weight is 253 g/mol. The molecule has 4 heteroatoms. The van der Waals surface area contributed by atoms with Crippen molar-refractivity contribution in [2.45, 2.75) is 46.1 Å². The molecule has 0 aliphatic carbocycles. The van der Waals surface area contributed by atoms with Gasteiger partial charge in [-0.15, -0.1) is 0 Å². The highest BCUT2D eigenvalue weighted by Gasteiger charge is 2.13. The Balaban J connectivity index is 2.48. The molecule has 0 aliphatic heterocycles. The maximum absolute atomic E-state index is 9.05. The molecule has 1 aromatic heterocycles. The first-order valence-electron chi connectivity index (χ1n) is 6.92. The highest BCUT2D eigenvalue weighted by Crippen LogP contribution is 2.17. The van der Waals surface area contributed by atoms with E-state index in [1.54, 1.807) is 0 Å². The van der Waals surface area contributed by atoms with E-state index in [1.807, 2.05) is 18.7 Å². The van der Waals surface area contributed by atoms with Crippen molar-refractivity contribution < 1.29 is 5.11 Å². The van der Waals surface area contributed by atoms with Crippen LogP contribution in [-0.2, 0) is 7.05 Å². The van der Waals surface area contributed by atoms with Crippen LogP contribution >= 0.6 is 0 Å². The van der Waals surface area contributed by atoms with Crippen molar-refractivity contribution in [1.29, 1.82) is 0 Å². The van der Waals surface area contributed by atoms with Crippen LogP contribution in [-0.4, -0.2) is 28.0 Å². The topological polar surface area (TPSA) is 50.1 Å². The van der Waals surface area contributed by atoms with Gasteiger partial charge in [0.2, 0.25) is 0 Å². The molecule has 1 heterocycles. The van der Waals surface area contributed by atoms with Crippen molar-refractivity contribution in [2.75, 3.05) is 13.2 Å². The van der Waals surface area contributed by atoms with Gasteiger partial charge in [-0.2, -0.15) is 5.10 Å². The normalized spacial score (nSPS) is 14.7. The number of hydrogen-bond donors (Lipinski definition) is 2. The summed E-state index contributed by atoms with van der Waals surface area (Å²) < 4.78 is 1.86. The first-order valence-corrected chi connectivity index (χ1v) is 6.92. The third-order valence-corrected chi connectivity index (χ3v) is 3.46. The fourth-order valence-corrected chi connectivity index (χ4v) is 2.44. The highest BCUT2D eigenvalue weighted by atomic mass is 16.3. The molecule has 0 radical (unpaired) electrons. The number of aliphatic hydroxyl groups is 1. The van der Waals surface area contributed by atoms with Crippen molar-refractivity contribution in [3.8, 4) is 0 Å². The Hall–Kier alpha value is -0.870. The molecule has 0 spiro atoms. The van der Waals surface area contributed by atoms with E-state index < -0.39 is 0 Å². The Morgan fingerprint density at radius 2 is 2.17 bits per heavy atom. The van der Waals surface area contributed by atoms with Crippen LogP contribution in [0.15, 0.2) is 6.20 Å². The zero-order valence-electron chi connectivity index (χ0n) is 12.1. The van der Waals surface area contributed by atoms with Crippen molar-refractivity contribution in [1.82, 2.24) is 15.1 Å². The minimum absolute atomic E-state index is 0.284. The second kappa shape index (κ2) is 7.54. The monoisotopic (exact) mass is 253 g/mol. The second-order valence-electron chi connectivity index (χ2n) is 5.14. The second-order valence-corrected chi connectivity index (χ2v) is 5.14. The molecule has 0 bridgehead atoms. The summed E-state index contributed by atoms with van der Waals surface area (Å²) in [7, 11) is 1.95. The van der Waals surface area contributed by atoms with Gasteiger partial charge in [0.25, 0.3) is 0 Å². The third-order valence-electron chi connectivity index (χ3n) is 3.46. The van der Waals surface area contributed by atoms with E-state index in [9.17, 15) is 0 Å². The standard InChI is InChI=1S/C14H27N3O/c1-5-6-13(7-8-18)9-15-11(2)14-10-17(4)16-12(14)3/h10-11,13,15,18H,5-9H2,1-4H3. The lowest BCUT2D eigenvalue weighted by Gasteiger charge is -2.19. The Kier molecular flexibility index (Phi) is 6.36. The molecule has 0 aromatic carbocycles. The largest absolute Gasteiger partial charge is 0.396 e. The summed E-state index contributed by atoms with van der Waals surface area (Å²) in [5.74, 6) is 0.569. The average Bonchev–Trinajstić information content (AvgIpc) is 2.65. The van der Waals surface area contributed by atoms with E-state index in [0.717, 1.165) is 18.7 Å². The number of nitrogens with one attached hydrogen (secondary N) is 1. The van der Waals surface area contributed by atoms with Crippen LogP contribution in [0.25, 0.3) is 0 Å². The molecule has 18 heavy (non-hydrogen) atoms. The van der Waals surface area contributed by atoms with Gasteiger partial charge in [0, 0.05) is 31.5 Å². The molecule has 0 saturated carbocycles. The van der Waals surface area contributed by atoms with E-state index in [2.05, 4.69) is 30.5 Å². The molecular formula is C14H27N3O. The number of aliphatic hydroxyl groups excluding tert-OH is 1. The summed E-state index contributed by atoms with van der Waals surface area (Å²) in [6.45, 7) is 7.66. The molecule has 0 saturated heterocycles. The molecule has 4 nitrogen and oxygen atoms in total. The minimum Gasteiger partial charge on any atom is -0.396 e. The van der Waals surface area contributed by atoms with Crippen molar-refractivity contribution in [3.63, 3.8) is 0 Å². The summed E-state index contributed by atoms with van der Waals surface area (Å²) in [6, 6.07) is 0.316. The van der Waals surface area contributed by atoms with Crippen molar-refractivity contribution in [3.05, 3.63) is 17.5 Å². The summed E-state index contributed by atoms with van der Waals surface area (Å²) in [4.78, 5) is 0. The fraction of sp³-hybridized carbons (Fsp3) is 0.786. The van der Waals surface area contributed by atoms with Gasteiger partial charge in [0.1, 0.15) is 0 Å². The van der Waals surface area contributed by atoms with Gasteiger partial charge < -0.3 is 10.4 Å². The summed E-state index contributed by atoms with van der Waals surface area (Å²) in [6.07, 6.45) is 5.31. The predicted molar refractivity (Wildman–Crippen MR) is 74.5 cm³/mol. The molecule has 1 rings (SSSR count). The molecule has 2 unspecified atom stereocenters. The van der Waals surface area contributed by atoms with Gasteiger partial charge in [-0.1, -0.05) is 13.3 Å². The summed E-state index contributed by atoms with van der Waals surface area (Å²) in [5.41, 5.74) is 2.35. The molecule has 2 atom stereocenters. The van der Waals surface area contributed by atoms with Crippen LogP contribution in [0.1, 0.15) is 50.4 Å². The molecule has 0 aliphatic rings. The number of nitrogens with zero attached hydrogens (tertiary/aromatic N) is 2. The summed E-state index contributed by atoms with van der Waals surface area (Å²) in [5, 5.41) is 17.0. The Morgan fingerprint density at radius 3 is 2.67 bits per heavy atom. The maximum atomic E-state index is 9.05. The van der Waals surface area contributed by atoms with Crippen LogP contribution in [0.3, 0.4) is 0 Å². The van der Waals surface area contributed by atoms with E-state index in [-0.39, 0.29) is 6.61 Å². The molecule has 104 valence electrons. The smallest absolute Gasteiger partial charge is 0.0641 e. The van der Waals surface area contributed by atoms with Crippen LogP contribution in [0.5, 0.6) is 0 Å². The Labute approximate surface area is 110 Å². The van der Waals surface area contributed by atoms with Gasteiger partial charge in [0.15, 0.2) is 0 Å². The number of aryl methyl sites for hydroxylation is 2. The zero-order chi connectivity index (χ0) is 13.5. The lowest BCUT2D eigenvalue weighted by atomic mass is 9.99. The van der Waals surface area contributed by atoms with Gasteiger partial charge in [-0.05, 0) is 39.2 Å². The van der Waals surface area contributed by atoms with E-state index in [0.29, 0.717) is 12.0 Å². The molecule has 0 fully saturated rings.